The number of amides is 2. The van der Waals surface area contributed by atoms with E-state index in [1.54, 1.807) is 0 Å². The number of nitrogens with zero attached hydrogens (tertiary/aromatic N) is 1. The molecule has 0 saturated carbocycles. The van der Waals surface area contributed by atoms with Gasteiger partial charge in [0.2, 0.25) is 11.8 Å². The van der Waals surface area contributed by atoms with Gasteiger partial charge in [0.25, 0.3) is 0 Å². The van der Waals surface area contributed by atoms with Gasteiger partial charge in [-0.15, -0.1) is 0 Å². The van der Waals surface area contributed by atoms with Crippen molar-refractivity contribution in [1.82, 2.24) is 10.2 Å². The van der Waals surface area contributed by atoms with Gasteiger partial charge in [0, 0.05) is 12.0 Å². The molecule has 5 nitrogen and oxygen atoms in total. The lowest BCUT2D eigenvalue weighted by molar-refractivity contribution is -0.157. The van der Waals surface area contributed by atoms with Crippen molar-refractivity contribution >= 4 is 17.6 Å². The van der Waals surface area contributed by atoms with Crippen LogP contribution < -0.4 is 5.32 Å². The Kier molecular flexibility index (Phi) is 7.57. The van der Waals surface area contributed by atoms with Crippen LogP contribution in [0.2, 0.25) is 0 Å². The first-order chi connectivity index (χ1) is 17.1. The predicted molar refractivity (Wildman–Crippen MR) is 133 cm³/mol. The van der Waals surface area contributed by atoms with Gasteiger partial charge in [-0.25, -0.2) is 8.78 Å². The molecule has 3 atom stereocenters. The van der Waals surface area contributed by atoms with Crippen molar-refractivity contribution in [2.75, 3.05) is 0 Å². The normalized spacial score (nSPS) is 21.2. The number of benzene rings is 2. The molecule has 2 aromatic carbocycles. The maximum Gasteiger partial charge on any atom is 0.247 e. The molecule has 7 heteroatoms. The standard InChI is InChI=1S/C29H34F2N2O3/c1-16(2)11-24-28(35)32-26(20-13-18-7-5-6-8-19(18)14-20)29(36)33(24)27(25(34)12-17(3)4)22-15-21(30)9-10-23(22)31/h5-10,15-17,20,24,26-27H,11-14H2,1-4H3,(H,32,35)/t24-,26-,27-/m1/s1. The Morgan fingerprint density at radius 3 is 2.22 bits per heavy atom. The molecule has 0 unspecified atom stereocenters. The molecule has 1 aliphatic heterocycles. The molecule has 4 rings (SSSR count). The monoisotopic (exact) mass is 496 g/mol. The summed E-state index contributed by atoms with van der Waals surface area (Å²) in [7, 11) is 0. The first-order valence-corrected chi connectivity index (χ1v) is 12.7. The Bertz CT molecular complexity index is 1140. The van der Waals surface area contributed by atoms with Crippen molar-refractivity contribution in [1.29, 1.82) is 0 Å². The van der Waals surface area contributed by atoms with Gasteiger partial charge in [0.15, 0.2) is 5.78 Å². The van der Waals surface area contributed by atoms with Gasteiger partial charge in [-0.05, 0) is 66.3 Å². The van der Waals surface area contributed by atoms with E-state index in [9.17, 15) is 18.8 Å². The number of rotatable bonds is 8. The molecule has 0 radical (unpaired) electrons. The van der Waals surface area contributed by atoms with E-state index in [4.69, 9.17) is 0 Å². The third-order valence-corrected chi connectivity index (χ3v) is 7.15. The Morgan fingerprint density at radius 1 is 1.00 bits per heavy atom. The van der Waals surface area contributed by atoms with E-state index < -0.39 is 41.5 Å². The predicted octanol–water partition coefficient (Wildman–Crippen LogP) is 4.78. The second-order valence-electron chi connectivity index (χ2n) is 10.9. The largest absolute Gasteiger partial charge is 0.342 e. The van der Waals surface area contributed by atoms with Crippen molar-refractivity contribution in [3.05, 3.63) is 70.8 Å². The number of carbonyl (C=O) groups excluding carboxylic acids is 3. The van der Waals surface area contributed by atoms with Crippen molar-refractivity contribution in [3.8, 4) is 0 Å². The molecule has 1 heterocycles. The average molecular weight is 497 g/mol. The van der Waals surface area contributed by atoms with E-state index in [0.29, 0.717) is 19.3 Å². The highest BCUT2D eigenvalue weighted by atomic mass is 19.1. The summed E-state index contributed by atoms with van der Waals surface area (Å²) in [5.41, 5.74) is 2.05. The van der Waals surface area contributed by atoms with Crippen molar-refractivity contribution in [2.24, 2.45) is 17.8 Å². The van der Waals surface area contributed by atoms with E-state index in [0.717, 1.165) is 29.3 Å². The lowest BCUT2D eigenvalue weighted by Gasteiger charge is -2.45. The van der Waals surface area contributed by atoms with Gasteiger partial charge in [-0.1, -0.05) is 52.0 Å². The maximum atomic E-state index is 15.1. The van der Waals surface area contributed by atoms with E-state index in [1.165, 1.54) is 4.90 Å². The fourth-order valence-corrected chi connectivity index (χ4v) is 5.59. The number of piperazine rings is 1. The summed E-state index contributed by atoms with van der Waals surface area (Å²) in [6.45, 7) is 7.55. The Labute approximate surface area is 211 Å². The van der Waals surface area contributed by atoms with Gasteiger partial charge < -0.3 is 10.2 Å². The summed E-state index contributed by atoms with van der Waals surface area (Å²) in [4.78, 5) is 42.5. The number of halogens is 2. The third-order valence-electron chi connectivity index (χ3n) is 7.15. The van der Waals surface area contributed by atoms with Crippen LogP contribution in [0.1, 0.15) is 63.3 Å². The molecule has 36 heavy (non-hydrogen) atoms. The van der Waals surface area contributed by atoms with Crippen LogP contribution in [-0.4, -0.2) is 34.6 Å². The van der Waals surface area contributed by atoms with Gasteiger partial charge in [0.1, 0.15) is 29.8 Å². The molecular formula is C29H34F2N2O3. The molecule has 0 aromatic heterocycles. The van der Waals surface area contributed by atoms with Crippen molar-refractivity contribution < 1.29 is 23.2 Å². The number of ketones is 1. The van der Waals surface area contributed by atoms with Crippen molar-refractivity contribution in [2.45, 2.75) is 71.5 Å². The third kappa shape index (κ3) is 5.20. The molecule has 1 aliphatic carbocycles. The molecule has 0 spiro atoms. The fourth-order valence-electron chi connectivity index (χ4n) is 5.59. The SMILES string of the molecule is CC(C)CC(=O)[C@@H](c1cc(F)ccc1F)N1C(=O)[C@@H](C2Cc3ccccc3C2)NC(=O)[C@H]1CC(C)C. The number of fused-ring (bicyclic) bond motifs is 1. The van der Waals surface area contributed by atoms with Crippen LogP contribution in [0, 0.1) is 29.4 Å². The zero-order valence-corrected chi connectivity index (χ0v) is 21.3. The molecular weight excluding hydrogens is 462 g/mol. The Balaban J connectivity index is 1.79. The summed E-state index contributed by atoms with van der Waals surface area (Å²) >= 11 is 0. The van der Waals surface area contributed by atoms with Gasteiger partial charge in [-0.3, -0.25) is 14.4 Å². The topological polar surface area (TPSA) is 66.5 Å². The quantitative estimate of drug-likeness (QED) is 0.572. The van der Waals surface area contributed by atoms with Crippen molar-refractivity contribution in [3.63, 3.8) is 0 Å². The molecule has 192 valence electrons. The number of Topliss-reactive ketones (excluding diaryl/α,β-unsaturated/α-hetero) is 1. The fraction of sp³-hybridized carbons (Fsp3) is 0.483. The number of carbonyl (C=O) groups is 3. The van der Waals surface area contributed by atoms with Gasteiger partial charge >= 0.3 is 0 Å². The van der Waals surface area contributed by atoms with Crippen LogP contribution in [0.3, 0.4) is 0 Å². The van der Waals surface area contributed by atoms with E-state index in [1.807, 2.05) is 52.0 Å². The molecule has 2 aromatic rings. The first kappa shape index (κ1) is 26.0. The zero-order chi connectivity index (χ0) is 26.1. The van der Waals surface area contributed by atoms with Crippen LogP contribution in [0.5, 0.6) is 0 Å². The average Bonchev–Trinajstić information content (AvgIpc) is 3.23. The van der Waals surface area contributed by atoms with Gasteiger partial charge in [-0.2, -0.15) is 0 Å². The van der Waals surface area contributed by atoms with E-state index >= 15 is 4.39 Å². The number of hydrogen-bond donors (Lipinski definition) is 1. The minimum Gasteiger partial charge on any atom is -0.342 e. The molecule has 2 amide bonds. The van der Waals surface area contributed by atoms with Crippen LogP contribution in [0.25, 0.3) is 0 Å². The van der Waals surface area contributed by atoms with Crippen LogP contribution in [0.4, 0.5) is 8.78 Å². The summed E-state index contributed by atoms with van der Waals surface area (Å²) in [6, 6.07) is 7.67. The summed E-state index contributed by atoms with van der Waals surface area (Å²) < 4.78 is 29.4. The Morgan fingerprint density at radius 2 is 1.64 bits per heavy atom. The summed E-state index contributed by atoms with van der Waals surface area (Å²) in [5.74, 6) is -2.86. The lowest BCUT2D eigenvalue weighted by atomic mass is 9.86. The second kappa shape index (κ2) is 10.5. The second-order valence-corrected chi connectivity index (χ2v) is 10.9. The minimum absolute atomic E-state index is 0.0292. The van der Waals surface area contributed by atoms with Gasteiger partial charge in [0.05, 0.1) is 0 Å². The van der Waals surface area contributed by atoms with Crippen LogP contribution in [0.15, 0.2) is 42.5 Å². The summed E-state index contributed by atoms with van der Waals surface area (Å²) in [6.07, 6.45) is 1.61. The van der Waals surface area contributed by atoms with E-state index in [-0.39, 0.29) is 35.6 Å². The maximum absolute atomic E-state index is 15.1. The highest BCUT2D eigenvalue weighted by Crippen LogP contribution is 2.37. The minimum atomic E-state index is -1.38. The molecule has 1 N–H and O–H groups in total. The molecule has 0 bridgehead atoms. The smallest absolute Gasteiger partial charge is 0.247 e. The molecule has 1 fully saturated rings. The zero-order valence-electron chi connectivity index (χ0n) is 21.3. The lowest BCUT2D eigenvalue weighted by Crippen LogP contribution is -2.66. The highest BCUT2D eigenvalue weighted by Gasteiger charge is 2.49. The number of nitrogens with one attached hydrogen (secondary N) is 1. The first-order valence-electron chi connectivity index (χ1n) is 12.7. The van der Waals surface area contributed by atoms with E-state index in [2.05, 4.69) is 5.32 Å². The molecule has 1 saturated heterocycles. The Hall–Kier alpha value is -3.09. The summed E-state index contributed by atoms with van der Waals surface area (Å²) in [5, 5.41) is 2.93. The highest BCUT2D eigenvalue weighted by molar-refractivity contribution is 6.00. The van der Waals surface area contributed by atoms with Crippen LogP contribution in [-0.2, 0) is 27.2 Å². The molecule has 2 aliphatic rings. The van der Waals surface area contributed by atoms with Crippen LogP contribution >= 0.6 is 0 Å². The number of hydrogen-bond acceptors (Lipinski definition) is 3.